The van der Waals surface area contributed by atoms with E-state index in [-0.39, 0.29) is 0 Å². The van der Waals surface area contributed by atoms with E-state index in [9.17, 15) is 4.79 Å². The molecule has 7 nitrogen and oxygen atoms in total. The second kappa shape index (κ2) is 11.4. The number of nitrogens with zero attached hydrogens (tertiary/aromatic N) is 1. The van der Waals surface area contributed by atoms with E-state index in [0.29, 0.717) is 26.2 Å². The molecule has 0 radical (unpaired) electrons. The average Bonchev–Trinajstić information content (AvgIpc) is 2.56. The molecule has 1 rings (SSSR count). The molecule has 0 saturated heterocycles. The van der Waals surface area contributed by atoms with Gasteiger partial charge < -0.3 is 25.4 Å². The number of amides is 1. The van der Waals surface area contributed by atoms with Crippen molar-refractivity contribution in [2.45, 2.75) is 45.9 Å². The number of methoxy groups -OCH3 is 1. The summed E-state index contributed by atoms with van der Waals surface area (Å²) < 4.78 is 10.3. The number of hydrogen-bond donors (Lipinski definition) is 3. The minimum Gasteiger partial charge on any atom is -0.444 e. The van der Waals surface area contributed by atoms with E-state index in [1.165, 1.54) is 0 Å². The highest BCUT2D eigenvalue weighted by molar-refractivity contribution is 5.79. The Morgan fingerprint density at radius 1 is 1.12 bits per heavy atom. The largest absolute Gasteiger partial charge is 0.444 e. The van der Waals surface area contributed by atoms with Crippen molar-refractivity contribution in [2.75, 3.05) is 27.2 Å². The molecular weight excluding hydrogens is 332 g/mol. The summed E-state index contributed by atoms with van der Waals surface area (Å²) in [7, 11) is 3.42. The number of hydrogen-bond acceptors (Lipinski definition) is 4. The molecule has 0 aliphatic heterocycles. The third-order valence-electron chi connectivity index (χ3n) is 3.30. The molecular formula is C19H32N4O3. The fourth-order valence-electron chi connectivity index (χ4n) is 2.20. The molecule has 0 heterocycles. The fourth-order valence-corrected chi connectivity index (χ4v) is 2.20. The fraction of sp³-hybridized carbons (Fsp3) is 0.579. The quantitative estimate of drug-likeness (QED) is 0.375. The highest BCUT2D eigenvalue weighted by Crippen LogP contribution is 2.07. The maximum atomic E-state index is 11.5. The lowest BCUT2D eigenvalue weighted by atomic mass is 10.1. The monoisotopic (exact) mass is 364 g/mol. The lowest BCUT2D eigenvalue weighted by Crippen LogP contribution is -2.39. The number of carbonyl (C=O) groups is 1. The first kappa shape index (κ1) is 21.8. The summed E-state index contributed by atoms with van der Waals surface area (Å²) in [5, 5.41) is 9.23. The summed E-state index contributed by atoms with van der Waals surface area (Å²) in [4.78, 5) is 15.7. The van der Waals surface area contributed by atoms with E-state index in [0.717, 1.165) is 23.5 Å². The van der Waals surface area contributed by atoms with Crippen LogP contribution in [0.15, 0.2) is 29.3 Å². The van der Waals surface area contributed by atoms with Gasteiger partial charge in [-0.2, -0.15) is 0 Å². The van der Waals surface area contributed by atoms with Crippen LogP contribution in [0.25, 0.3) is 0 Å². The van der Waals surface area contributed by atoms with Crippen LogP contribution in [-0.4, -0.2) is 44.9 Å². The first-order valence-electron chi connectivity index (χ1n) is 8.82. The van der Waals surface area contributed by atoms with Gasteiger partial charge in [-0.3, -0.25) is 4.99 Å². The summed E-state index contributed by atoms with van der Waals surface area (Å²) in [5.41, 5.74) is 1.83. The highest BCUT2D eigenvalue weighted by Gasteiger charge is 2.15. The standard InChI is InChI=1S/C19H32N4O3/c1-19(2,3)26-18(24)22-11-7-10-21-17(20-4)23-13-15-8-6-9-16(12-15)14-25-5/h6,8-9,12H,7,10-11,13-14H2,1-5H3,(H,22,24)(H2,20,21,23). The van der Waals surface area contributed by atoms with Crippen molar-refractivity contribution >= 4 is 12.1 Å². The predicted molar refractivity (Wildman–Crippen MR) is 104 cm³/mol. The Labute approximate surface area is 156 Å². The molecule has 0 saturated carbocycles. The number of nitrogens with one attached hydrogen (secondary N) is 3. The molecule has 26 heavy (non-hydrogen) atoms. The van der Waals surface area contributed by atoms with Crippen LogP contribution >= 0.6 is 0 Å². The second-order valence-corrected chi connectivity index (χ2v) is 6.89. The molecule has 0 fully saturated rings. The van der Waals surface area contributed by atoms with E-state index in [4.69, 9.17) is 9.47 Å². The van der Waals surface area contributed by atoms with Crippen LogP contribution in [0.1, 0.15) is 38.3 Å². The normalized spacial score (nSPS) is 11.8. The number of carbonyl (C=O) groups excluding carboxylic acids is 1. The first-order valence-corrected chi connectivity index (χ1v) is 8.82. The lowest BCUT2D eigenvalue weighted by Gasteiger charge is -2.19. The van der Waals surface area contributed by atoms with Gasteiger partial charge in [0, 0.05) is 33.8 Å². The third-order valence-corrected chi connectivity index (χ3v) is 3.30. The van der Waals surface area contributed by atoms with Crippen LogP contribution in [0, 0.1) is 0 Å². The van der Waals surface area contributed by atoms with Crippen LogP contribution < -0.4 is 16.0 Å². The van der Waals surface area contributed by atoms with Crippen LogP contribution in [0.2, 0.25) is 0 Å². The van der Waals surface area contributed by atoms with Gasteiger partial charge >= 0.3 is 6.09 Å². The number of ether oxygens (including phenoxy) is 2. The number of benzene rings is 1. The van der Waals surface area contributed by atoms with E-state index in [1.54, 1.807) is 14.2 Å². The van der Waals surface area contributed by atoms with Crippen molar-refractivity contribution in [1.29, 1.82) is 0 Å². The van der Waals surface area contributed by atoms with Gasteiger partial charge in [0.2, 0.25) is 0 Å². The van der Waals surface area contributed by atoms with Crippen molar-refractivity contribution in [2.24, 2.45) is 4.99 Å². The Hall–Kier alpha value is -2.28. The van der Waals surface area contributed by atoms with Crippen molar-refractivity contribution in [1.82, 2.24) is 16.0 Å². The Morgan fingerprint density at radius 3 is 2.46 bits per heavy atom. The van der Waals surface area contributed by atoms with Gasteiger partial charge in [0.1, 0.15) is 5.60 Å². The molecule has 0 atom stereocenters. The zero-order valence-corrected chi connectivity index (χ0v) is 16.5. The number of alkyl carbamates (subject to hydrolysis) is 1. The number of rotatable bonds is 8. The summed E-state index contributed by atoms with van der Waals surface area (Å²) in [6.07, 6.45) is 0.374. The minimum atomic E-state index is -0.477. The van der Waals surface area contributed by atoms with Crippen molar-refractivity contribution in [3.05, 3.63) is 35.4 Å². The molecule has 7 heteroatoms. The van der Waals surface area contributed by atoms with Gasteiger partial charge in [-0.15, -0.1) is 0 Å². The topological polar surface area (TPSA) is 84.0 Å². The van der Waals surface area contributed by atoms with E-state index in [1.807, 2.05) is 32.9 Å². The third kappa shape index (κ3) is 9.88. The summed E-state index contributed by atoms with van der Waals surface area (Å²) in [6, 6.07) is 8.22. The first-order chi connectivity index (χ1) is 12.3. The summed E-state index contributed by atoms with van der Waals surface area (Å²) in [5.74, 6) is 0.722. The maximum Gasteiger partial charge on any atom is 0.407 e. The molecule has 1 aromatic carbocycles. The van der Waals surface area contributed by atoms with Gasteiger partial charge in [-0.05, 0) is 38.3 Å². The van der Waals surface area contributed by atoms with Crippen LogP contribution in [-0.2, 0) is 22.6 Å². The van der Waals surface area contributed by atoms with Crippen LogP contribution in [0.5, 0.6) is 0 Å². The molecule has 0 spiro atoms. The molecule has 0 aliphatic rings. The Bertz CT molecular complexity index is 582. The zero-order chi connectivity index (χ0) is 19.4. The number of aliphatic imine (C=N–C) groups is 1. The molecule has 0 unspecified atom stereocenters. The molecule has 1 aromatic rings. The van der Waals surface area contributed by atoms with Crippen LogP contribution in [0.4, 0.5) is 4.79 Å². The summed E-state index contributed by atoms with van der Waals surface area (Å²) >= 11 is 0. The van der Waals surface area contributed by atoms with Crippen molar-refractivity contribution < 1.29 is 14.3 Å². The highest BCUT2D eigenvalue weighted by atomic mass is 16.6. The molecule has 0 bridgehead atoms. The van der Waals surface area contributed by atoms with E-state index in [2.05, 4.69) is 33.1 Å². The van der Waals surface area contributed by atoms with E-state index < -0.39 is 11.7 Å². The van der Waals surface area contributed by atoms with Crippen LogP contribution in [0.3, 0.4) is 0 Å². The van der Waals surface area contributed by atoms with Gasteiger partial charge in [0.15, 0.2) is 5.96 Å². The molecule has 0 aromatic heterocycles. The zero-order valence-electron chi connectivity index (χ0n) is 16.5. The minimum absolute atomic E-state index is 0.393. The second-order valence-electron chi connectivity index (χ2n) is 6.89. The average molecular weight is 364 g/mol. The Kier molecular flexibility index (Phi) is 9.51. The Morgan fingerprint density at radius 2 is 1.81 bits per heavy atom. The molecule has 1 amide bonds. The molecule has 146 valence electrons. The summed E-state index contributed by atoms with van der Waals surface area (Å²) in [6.45, 7) is 8.04. The van der Waals surface area contributed by atoms with E-state index >= 15 is 0 Å². The molecule has 0 aliphatic carbocycles. The smallest absolute Gasteiger partial charge is 0.407 e. The number of guanidine groups is 1. The van der Waals surface area contributed by atoms with Crippen molar-refractivity contribution in [3.8, 4) is 0 Å². The lowest BCUT2D eigenvalue weighted by molar-refractivity contribution is 0.0527. The van der Waals surface area contributed by atoms with Gasteiger partial charge in [0.05, 0.1) is 6.61 Å². The SMILES string of the molecule is CN=C(NCCCNC(=O)OC(C)(C)C)NCc1cccc(COC)c1. The Balaban J connectivity index is 2.25. The van der Waals surface area contributed by atoms with Gasteiger partial charge in [-0.1, -0.05) is 24.3 Å². The van der Waals surface area contributed by atoms with Gasteiger partial charge in [-0.25, -0.2) is 4.79 Å². The molecule has 3 N–H and O–H groups in total. The van der Waals surface area contributed by atoms with Gasteiger partial charge in [0.25, 0.3) is 0 Å². The van der Waals surface area contributed by atoms with Crippen molar-refractivity contribution in [3.63, 3.8) is 0 Å². The predicted octanol–water partition coefficient (Wildman–Crippen LogP) is 2.41. The maximum absolute atomic E-state index is 11.5.